The quantitative estimate of drug-likeness (QED) is 0.460. The van der Waals surface area contributed by atoms with Crippen LogP contribution in [0.3, 0.4) is 0 Å². The Morgan fingerprint density at radius 1 is 1.16 bits per heavy atom. The lowest BCUT2D eigenvalue weighted by Crippen LogP contribution is -2.58. The van der Waals surface area contributed by atoms with E-state index in [0.29, 0.717) is 17.1 Å². The number of aromatic hydroxyl groups is 1. The Balaban J connectivity index is 1.68. The third kappa shape index (κ3) is 3.70. The van der Waals surface area contributed by atoms with Gasteiger partial charge in [-0.3, -0.25) is 4.79 Å². The molecule has 2 aromatic rings. The highest BCUT2D eigenvalue weighted by atomic mass is 16.6. The molecule has 1 saturated carbocycles. The second-order valence-corrected chi connectivity index (χ2v) is 9.02. The van der Waals surface area contributed by atoms with Crippen LogP contribution in [0.4, 0.5) is 0 Å². The van der Waals surface area contributed by atoms with Crippen LogP contribution in [-0.2, 0) is 11.2 Å². The number of phenols is 1. The maximum Gasteiger partial charge on any atom is 0.196 e. The van der Waals surface area contributed by atoms with Crippen molar-refractivity contribution >= 4 is 11.0 Å². The minimum absolute atomic E-state index is 0.0583. The molecule has 0 radical (unpaired) electrons. The first-order valence-corrected chi connectivity index (χ1v) is 10.3. The van der Waals surface area contributed by atoms with Crippen molar-refractivity contribution in [2.75, 3.05) is 6.61 Å². The summed E-state index contributed by atoms with van der Waals surface area (Å²) in [6.07, 6.45) is -5.25. The van der Waals surface area contributed by atoms with Gasteiger partial charge in [0, 0.05) is 36.6 Å². The van der Waals surface area contributed by atoms with E-state index in [-0.39, 0.29) is 41.6 Å². The van der Waals surface area contributed by atoms with Gasteiger partial charge in [-0.1, -0.05) is 0 Å². The molecule has 1 aromatic carbocycles. The van der Waals surface area contributed by atoms with E-state index in [0.717, 1.165) is 0 Å². The zero-order valence-electron chi connectivity index (χ0n) is 17.6. The lowest BCUT2D eigenvalue weighted by Gasteiger charge is -2.45. The van der Waals surface area contributed by atoms with E-state index in [1.165, 1.54) is 6.07 Å². The highest BCUT2D eigenvalue weighted by molar-refractivity contribution is 5.87. The second kappa shape index (κ2) is 7.75. The van der Waals surface area contributed by atoms with E-state index in [9.17, 15) is 30.3 Å². The Morgan fingerprint density at radius 2 is 1.87 bits per heavy atom. The predicted molar refractivity (Wildman–Crippen MR) is 109 cm³/mol. The molecule has 1 aliphatic heterocycles. The summed E-state index contributed by atoms with van der Waals surface area (Å²) >= 11 is 0. The number of aliphatic hydroxyl groups is 4. The van der Waals surface area contributed by atoms with E-state index < -0.39 is 42.0 Å². The van der Waals surface area contributed by atoms with Gasteiger partial charge in [-0.15, -0.1) is 0 Å². The average molecular weight is 436 g/mol. The van der Waals surface area contributed by atoms with Crippen LogP contribution >= 0.6 is 0 Å². The second-order valence-electron chi connectivity index (χ2n) is 9.02. The molecular formula is C22H28O9. The molecule has 5 N–H and O–H groups in total. The van der Waals surface area contributed by atoms with Gasteiger partial charge in [0.05, 0.1) is 12.2 Å². The Morgan fingerprint density at radius 3 is 2.55 bits per heavy atom. The molecule has 0 saturated heterocycles. The number of phenolic OH excluding ortho intramolecular Hbond substituents is 1. The van der Waals surface area contributed by atoms with Crippen molar-refractivity contribution in [2.24, 2.45) is 5.92 Å². The summed E-state index contributed by atoms with van der Waals surface area (Å²) in [4.78, 5) is 12.4. The predicted octanol–water partition coefficient (Wildman–Crippen LogP) is 0.369. The summed E-state index contributed by atoms with van der Waals surface area (Å²) in [7, 11) is 0. The molecule has 1 aromatic heterocycles. The number of rotatable bonds is 3. The molecule has 1 aliphatic carbocycles. The third-order valence-corrected chi connectivity index (χ3v) is 6.39. The zero-order chi connectivity index (χ0) is 22.7. The van der Waals surface area contributed by atoms with E-state index in [1.54, 1.807) is 26.8 Å². The van der Waals surface area contributed by atoms with Gasteiger partial charge in [-0.2, -0.15) is 0 Å². The molecular weight excluding hydrogens is 408 g/mol. The Kier molecular flexibility index (Phi) is 5.51. The fourth-order valence-electron chi connectivity index (χ4n) is 4.53. The van der Waals surface area contributed by atoms with E-state index in [2.05, 4.69) is 0 Å². The molecule has 0 spiro atoms. The molecule has 1 fully saturated rings. The fourth-order valence-corrected chi connectivity index (χ4v) is 4.53. The summed E-state index contributed by atoms with van der Waals surface area (Å²) in [6, 6.07) is 2.88. The molecule has 2 aliphatic rings. The van der Waals surface area contributed by atoms with Crippen molar-refractivity contribution in [1.29, 1.82) is 0 Å². The van der Waals surface area contributed by atoms with Crippen LogP contribution in [0.1, 0.15) is 31.6 Å². The summed E-state index contributed by atoms with van der Waals surface area (Å²) in [5.74, 6) is -0.0955. The topological polar surface area (TPSA) is 150 Å². The summed E-state index contributed by atoms with van der Waals surface area (Å²) in [6.45, 7) is 4.86. The Bertz CT molecular complexity index is 1040. The van der Waals surface area contributed by atoms with Crippen LogP contribution in [-0.4, -0.2) is 68.3 Å². The number of hydrogen-bond acceptors (Lipinski definition) is 9. The van der Waals surface area contributed by atoms with Crippen LogP contribution in [0.15, 0.2) is 21.3 Å². The number of benzene rings is 1. The van der Waals surface area contributed by atoms with Crippen molar-refractivity contribution in [2.45, 2.75) is 69.7 Å². The monoisotopic (exact) mass is 436 g/mol. The van der Waals surface area contributed by atoms with Crippen LogP contribution < -0.4 is 10.2 Å². The maximum atomic E-state index is 12.4. The third-order valence-electron chi connectivity index (χ3n) is 6.39. The SMILES string of the molecule is Cc1cc(=O)c2c(O)c3c(cc2o1)OC(C)(C)C(OC1CC(CO)C(O)C(O)C1O)C3. The normalized spacial score (nSPS) is 32.5. The zero-order valence-corrected chi connectivity index (χ0v) is 17.6. The van der Waals surface area contributed by atoms with Crippen molar-refractivity contribution in [3.8, 4) is 11.5 Å². The minimum atomic E-state index is -1.46. The van der Waals surface area contributed by atoms with Crippen LogP contribution in [0.25, 0.3) is 11.0 Å². The van der Waals surface area contributed by atoms with Crippen LogP contribution in [0.2, 0.25) is 0 Å². The minimum Gasteiger partial charge on any atom is -0.507 e. The number of ether oxygens (including phenoxy) is 2. The van der Waals surface area contributed by atoms with E-state index in [1.807, 2.05) is 0 Å². The van der Waals surface area contributed by atoms with E-state index in [4.69, 9.17) is 13.9 Å². The van der Waals surface area contributed by atoms with Gasteiger partial charge >= 0.3 is 0 Å². The molecule has 2 heterocycles. The number of fused-ring (bicyclic) bond motifs is 2. The lowest BCUT2D eigenvalue weighted by molar-refractivity contribution is -0.209. The lowest BCUT2D eigenvalue weighted by atomic mass is 9.80. The van der Waals surface area contributed by atoms with Gasteiger partial charge in [-0.05, 0) is 27.2 Å². The Hall–Kier alpha value is -2.17. The van der Waals surface area contributed by atoms with Crippen molar-refractivity contribution in [3.05, 3.63) is 33.7 Å². The summed E-state index contributed by atoms with van der Waals surface area (Å²) in [5, 5.41) is 51.0. The van der Waals surface area contributed by atoms with Gasteiger partial charge in [0.2, 0.25) is 0 Å². The van der Waals surface area contributed by atoms with Gasteiger partial charge < -0.3 is 39.4 Å². The van der Waals surface area contributed by atoms with Gasteiger partial charge in [0.15, 0.2) is 5.43 Å². The van der Waals surface area contributed by atoms with Crippen molar-refractivity contribution in [3.63, 3.8) is 0 Å². The molecule has 9 heteroatoms. The van der Waals surface area contributed by atoms with Crippen LogP contribution in [0, 0.1) is 12.8 Å². The molecule has 31 heavy (non-hydrogen) atoms. The largest absolute Gasteiger partial charge is 0.507 e. The molecule has 0 amide bonds. The molecule has 6 atom stereocenters. The van der Waals surface area contributed by atoms with E-state index >= 15 is 0 Å². The first-order valence-electron chi connectivity index (χ1n) is 10.3. The van der Waals surface area contributed by atoms with Crippen molar-refractivity contribution < 1.29 is 39.4 Å². The van der Waals surface area contributed by atoms with Crippen LogP contribution in [0.5, 0.6) is 11.5 Å². The standard InChI is InChI=1S/C22H28O9/c1-9-4-12(24)17-14(29-9)7-13-11(19(17)26)6-16(22(2,3)31-13)30-15-5-10(8-23)18(25)21(28)20(15)27/h4,7,10,15-16,18,20-21,23,25-28H,5-6,8H2,1-3H3. The van der Waals surface area contributed by atoms with Gasteiger partial charge in [0.25, 0.3) is 0 Å². The first kappa shape index (κ1) is 22.0. The maximum absolute atomic E-state index is 12.4. The summed E-state index contributed by atoms with van der Waals surface area (Å²) in [5.41, 5.74) is -0.640. The van der Waals surface area contributed by atoms with Crippen molar-refractivity contribution in [1.82, 2.24) is 0 Å². The summed E-state index contributed by atoms with van der Waals surface area (Å²) < 4.78 is 17.8. The molecule has 4 rings (SSSR count). The highest BCUT2D eigenvalue weighted by Gasteiger charge is 2.47. The number of aliphatic hydroxyl groups excluding tert-OH is 4. The smallest absolute Gasteiger partial charge is 0.196 e. The Labute approximate surface area is 178 Å². The first-order chi connectivity index (χ1) is 14.5. The molecule has 6 unspecified atom stereocenters. The number of hydrogen-bond donors (Lipinski definition) is 5. The van der Waals surface area contributed by atoms with Gasteiger partial charge in [0.1, 0.15) is 52.1 Å². The highest BCUT2D eigenvalue weighted by Crippen LogP contribution is 2.43. The molecule has 9 nitrogen and oxygen atoms in total. The fraction of sp³-hybridized carbons (Fsp3) is 0.591. The molecule has 0 bridgehead atoms. The molecule has 170 valence electrons. The van der Waals surface area contributed by atoms with Gasteiger partial charge in [-0.25, -0.2) is 0 Å². The average Bonchev–Trinajstić information content (AvgIpc) is 2.68. The number of aryl methyl sites for hydroxylation is 1.